The monoisotopic (exact) mass is 184 g/mol. The molecule has 13 heavy (non-hydrogen) atoms. The third-order valence-electron chi connectivity index (χ3n) is 3.52. The summed E-state index contributed by atoms with van der Waals surface area (Å²) in [5.74, 6) is 0.263. The molecular formula is C11H20O2. The number of hydrogen-bond acceptors (Lipinski definition) is 2. The topological polar surface area (TPSA) is 18.5 Å². The first kappa shape index (κ1) is 9.47. The Balaban J connectivity index is 2.28. The highest BCUT2D eigenvalue weighted by atomic mass is 16.7. The minimum atomic E-state index is -0.271. The van der Waals surface area contributed by atoms with Gasteiger partial charge < -0.3 is 9.47 Å². The van der Waals surface area contributed by atoms with E-state index in [1.807, 2.05) is 0 Å². The molecule has 0 aliphatic carbocycles. The van der Waals surface area contributed by atoms with Crippen LogP contribution in [0.15, 0.2) is 0 Å². The van der Waals surface area contributed by atoms with Gasteiger partial charge in [0.1, 0.15) is 0 Å². The van der Waals surface area contributed by atoms with E-state index in [1.54, 1.807) is 0 Å². The molecule has 2 aliphatic rings. The van der Waals surface area contributed by atoms with Gasteiger partial charge in [0.2, 0.25) is 0 Å². The van der Waals surface area contributed by atoms with Crippen molar-refractivity contribution >= 4 is 0 Å². The van der Waals surface area contributed by atoms with Gasteiger partial charge in [-0.2, -0.15) is 0 Å². The number of rotatable bonds is 1. The van der Waals surface area contributed by atoms with Crippen LogP contribution in [0, 0.1) is 5.92 Å². The first-order valence-corrected chi connectivity index (χ1v) is 5.38. The zero-order valence-electron chi connectivity index (χ0n) is 9.09. The van der Waals surface area contributed by atoms with Crippen molar-refractivity contribution in [2.75, 3.05) is 0 Å². The van der Waals surface area contributed by atoms with Crippen LogP contribution in [0.5, 0.6) is 0 Å². The molecular weight excluding hydrogens is 164 g/mol. The highest BCUT2D eigenvalue weighted by Gasteiger charge is 2.56. The van der Waals surface area contributed by atoms with E-state index in [9.17, 15) is 0 Å². The SMILES string of the molecule is CC[C@]12O[C@H](C)CC(C)(CC1C)O2. The van der Waals surface area contributed by atoms with Crippen molar-refractivity contribution in [3.05, 3.63) is 0 Å². The van der Waals surface area contributed by atoms with Crippen LogP contribution < -0.4 is 0 Å². The Kier molecular flexibility index (Phi) is 1.97. The van der Waals surface area contributed by atoms with E-state index in [0.717, 1.165) is 19.3 Å². The number of hydrogen-bond donors (Lipinski definition) is 0. The lowest BCUT2D eigenvalue weighted by molar-refractivity contribution is -0.318. The first-order chi connectivity index (χ1) is 6.00. The van der Waals surface area contributed by atoms with Gasteiger partial charge in [-0.25, -0.2) is 0 Å². The van der Waals surface area contributed by atoms with Gasteiger partial charge in [-0.15, -0.1) is 0 Å². The van der Waals surface area contributed by atoms with Crippen LogP contribution in [0.4, 0.5) is 0 Å². The van der Waals surface area contributed by atoms with Gasteiger partial charge >= 0.3 is 0 Å². The molecule has 0 aromatic heterocycles. The van der Waals surface area contributed by atoms with Gasteiger partial charge in [0.15, 0.2) is 5.79 Å². The fraction of sp³-hybridized carbons (Fsp3) is 1.00. The maximum atomic E-state index is 6.08. The molecule has 0 amide bonds. The fourth-order valence-electron chi connectivity index (χ4n) is 3.12. The van der Waals surface area contributed by atoms with Crippen molar-refractivity contribution in [2.45, 2.75) is 64.4 Å². The molecule has 2 heteroatoms. The van der Waals surface area contributed by atoms with E-state index in [-0.39, 0.29) is 11.4 Å². The Hall–Kier alpha value is -0.0800. The van der Waals surface area contributed by atoms with Gasteiger partial charge in [0.25, 0.3) is 0 Å². The molecule has 0 saturated carbocycles. The summed E-state index contributed by atoms with van der Waals surface area (Å²) in [6, 6.07) is 0. The predicted molar refractivity (Wildman–Crippen MR) is 51.5 cm³/mol. The van der Waals surface area contributed by atoms with E-state index in [0.29, 0.717) is 12.0 Å². The van der Waals surface area contributed by atoms with Crippen LogP contribution in [0.1, 0.15) is 47.0 Å². The average Bonchev–Trinajstić information content (AvgIpc) is 2.18. The Bertz CT molecular complexity index is 216. The van der Waals surface area contributed by atoms with Crippen molar-refractivity contribution in [3.63, 3.8) is 0 Å². The molecule has 2 rings (SSSR count). The summed E-state index contributed by atoms with van der Waals surface area (Å²) < 4.78 is 12.1. The zero-order chi connectivity index (χ0) is 9.69. The largest absolute Gasteiger partial charge is 0.347 e. The third-order valence-corrected chi connectivity index (χ3v) is 3.52. The van der Waals surface area contributed by atoms with E-state index in [2.05, 4.69) is 27.7 Å². The summed E-state index contributed by atoms with van der Waals surface area (Å²) in [5, 5.41) is 0. The molecule has 76 valence electrons. The lowest BCUT2D eigenvalue weighted by Gasteiger charge is -2.42. The second kappa shape index (κ2) is 2.71. The maximum Gasteiger partial charge on any atom is 0.171 e. The highest BCUT2D eigenvalue weighted by Crippen LogP contribution is 2.51. The molecule has 2 unspecified atom stereocenters. The quantitative estimate of drug-likeness (QED) is 0.624. The van der Waals surface area contributed by atoms with Gasteiger partial charge in [-0.1, -0.05) is 13.8 Å². The van der Waals surface area contributed by atoms with E-state index in [1.165, 1.54) is 0 Å². The standard InChI is InChI=1S/C11H20O2/c1-5-11-8(2)6-10(4,13-11)7-9(3)12-11/h8-9H,5-7H2,1-4H3/t8?,9-,10?,11-/m1/s1. The minimum absolute atomic E-state index is 0.0765. The molecule has 0 spiro atoms. The fourth-order valence-corrected chi connectivity index (χ4v) is 3.12. The van der Waals surface area contributed by atoms with E-state index in [4.69, 9.17) is 9.47 Å². The Morgan fingerprint density at radius 2 is 2.00 bits per heavy atom. The van der Waals surface area contributed by atoms with Crippen LogP contribution in [-0.2, 0) is 9.47 Å². The molecule has 2 heterocycles. The van der Waals surface area contributed by atoms with E-state index >= 15 is 0 Å². The lowest BCUT2D eigenvalue weighted by atomic mass is 9.90. The van der Waals surface area contributed by atoms with Crippen LogP contribution in [0.25, 0.3) is 0 Å². The maximum absolute atomic E-state index is 6.08. The molecule has 4 atom stereocenters. The van der Waals surface area contributed by atoms with Gasteiger partial charge in [-0.3, -0.25) is 0 Å². The number of ether oxygens (including phenoxy) is 2. The minimum Gasteiger partial charge on any atom is -0.347 e. The smallest absolute Gasteiger partial charge is 0.171 e. The van der Waals surface area contributed by atoms with Crippen molar-refractivity contribution in [1.29, 1.82) is 0 Å². The van der Waals surface area contributed by atoms with Crippen molar-refractivity contribution in [1.82, 2.24) is 0 Å². The molecule has 0 radical (unpaired) electrons. The van der Waals surface area contributed by atoms with Gasteiger partial charge in [0.05, 0.1) is 11.7 Å². The molecule has 2 nitrogen and oxygen atoms in total. The average molecular weight is 184 g/mol. The molecule has 2 fully saturated rings. The Labute approximate surface area is 80.6 Å². The second-order valence-electron chi connectivity index (χ2n) is 4.96. The summed E-state index contributed by atoms with van der Waals surface area (Å²) in [4.78, 5) is 0. The molecule has 2 bridgehead atoms. The van der Waals surface area contributed by atoms with Crippen molar-refractivity contribution in [3.8, 4) is 0 Å². The predicted octanol–water partition coefficient (Wildman–Crippen LogP) is 2.72. The zero-order valence-corrected chi connectivity index (χ0v) is 9.09. The molecule has 0 aromatic carbocycles. The summed E-state index contributed by atoms with van der Waals surface area (Å²) >= 11 is 0. The van der Waals surface area contributed by atoms with Gasteiger partial charge in [-0.05, 0) is 26.7 Å². The summed E-state index contributed by atoms with van der Waals surface area (Å²) in [6.45, 7) is 8.77. The molecule has 0 aromatic rings. The Morgan fingerprint density at radius 1 is 1.31 bits per heavy atom. The summed E-state index contributed by atoms with van der Waals surface area (Å²) in [5.41, 5.74) is 0.0765. The van der Waals surface area contributed by atoms with Crippen LogP contribution in [0.2, 0.25) is 0 Å². The molecule has 2 aliphatic heterocycles. The van der Waals surface area contributed by atoms with Crippen molar-refractivity contribution < 1.29 is 9.47 Å². The van der Waals surface area contributed by atoms with Crippen LogP contribution >= 0.6 is 0 Å². The first-order valence-electron chi connectivity index (χ1n) is 5.38. The summed E-state index contributed by atoms with van der Waals surface area (Å²) in [6.07, 6.45) is 3.50. The van der Waals surface area contributed by atoms with E-state index < -0.39 is 0 Å². The van der Waals surface area contributed by atoms with Gasteiger partial charge in [0, 0.05) is 12.3 Å². The highest BCUT2D eigenvalue weighted by molar-refractivity contribution is 4.98. The third kappa shape index (κ3) is 1.31. The number of fused-ring (bicyclic) bond motifs is 2. The summed E-state index contributed by atoms with van der Waals surface area (Å²) in [7, 11) is 0. The molecule has 0 N–H and O–H groups in total. The molecule has 2 saturated heterocycles. The van der Waals surface area contributed by atoms with Crippen molar-refractivity contribution in [2.24, 2.45) is 5.92 Å². The lowest BCUT2D eigenvalue weighted by Crippen LogP contribution is -2.47. The normalized spacial score (nSPS) is 55.4. The Morgan fingerprint density at radius 3 is 2.62 bits per heavy atom. The van der Waals surface area contributed by atoms with Crippen LogP contribution in [-0.4, -0.2) is 17.5 Å². The van der Waals surface area contributed by atoms with Crippen LogP contribution in [0.3, 0.4) is 0 Å². The second-order valence-corrected chi connectivity index (χ2v) is 4.96.